The van der Waals surface area contributed by atoms with E-state index in [1.54, 1.807) is 0 Å². The van der Waals surface area contributed by atoms with Crippen molar-refractivity contribution < 1.29 is 51.8 Å². The topological polar surface area (TPSA) is 192 Å². The van der Waals surface area contributed by atoms with Gasteiger partial charge in [-0.15, -0.1) is 0 Å². The van der Waals surface area contributed by atoms with Crippen molar-refractivity contribution in [3.8, 4) is 0 Å². The molecule has 302 valence electrons. The first-order valence-electron chi connectivity index (χ1n) is 20.1. The van der Waals surface area contributed by atoms with Gasteiger partial charge >= 0.3 is 10.4 Å². The van der Waals surface area contributed by atoms with Crippen molar-refractivity contribution in [1.82, 2.24) is 5.32 Å². The molecule has 1 fully saturated rings. The Bertz CT molecular complexity index is 983. The van der Waals surface area contributed by atoms with Crippen molar-refractivity contribution in [2.75, 3.05) is 13.2 Å². The van der Waals surface area contributed by atoms with Gasteiger partial charge < -0.3 is 35.2 Å². The number of hydrogen-bond acceptors (Lipinski definition) is 10. The summed E-state index contributed by atoms with van der Waals surface area (Å²) < 4.78 is 47.4. The monoisotopic (exact) mass is 751 g/mol. The Hall–Kier alpha value is -1.16. The van der Waals surface area contributed by atoms with Crippen LogP contribution >= 0.6 is 0 Å². The van der Waals surface area contributed by atoms with E-state index in [1.165, 1.54) is 77.0 Å². The molecule has 0 aromatic heterocycles. The number of allylic oxidation sites excluding steroid dienone is 2. The lowest BCUT2D eigenvalue weighted by atomic mass is 9.99. The molecule has 0 saturated carbocycles. The lowest BCUT2D eigenvalue weighted by Gasteiger charge is -2.41. The molecule has 1 heterocycles. The Morgan fingerprint density at radius 3 is 1.82 bits per heavy atom. The number of ether oxygens (including phenoxy) is 2. The summed E-state index contributed by atoms with van der Waals surface area (Å²) in [5, 5.41) is 44.6. The minimum absolute atomic E-state index is 0.246. The summed E-state index contributed by atoms with van der Waals surface area (Å²) in [6.45, 7) is 3.36. The van der Waals surface area contributed by atoms with Crippen LogP contribution < -0.4 is 5.32 Å². The molecule has 12 nitrogen and oxygen atoms in total. The fraction of sp³-hybridized carbons (Fsp3) is 0.921. The largest absolute Gasteiger partial charge is 0.397 e. The smallest absolute Gasteiger partial charge is 0.394 e. The first kappa shape index (κ1) is 47.9. The number of amides is 1. The lowest BCUT2D eigenvalue weighted by molar-refractivity contribution is -0.298. The van der Waals surface area contributed by atoms with Gasteiger partial charge in [0, 0.05) is 6.42 Å². The molecule has 51 heavy (non-hydrogen) atoms. The number of nitrogens with one attached hydrogen (secondary N) is 1. The summed E-state index contributed by atoms with van der Waals surface area (Å²) >= 11 is 0. The Kier molecular flexibility index (Phi) is 28.3. The minimum Gasteiger partial charge on any atom is -0.394 e. The van der Waals surface area contributed by atoms with Gasteiger partial charge in [-0.2, -0.15) is 8.42 Å². The van der Waals surface area contributed by atoms with Crippen LogP contribution in [0.1, 0.15) is 168 Å². The summed E-state index contributed by atoms with van der Waals surface area (Å²) in [6.07, 6.45) is 20.8. The standard InChI is InChI=1S/C38H73NO11S/c1-3-5-7-9-11-13-15-16-17-18-19-21-23-25-27-32(41)31(39-34(42)28-26-24-22-20-14-12-10-8-6-4-2)30-48-38-36(44)37(50-51(45,46)47)35(43)33(29-40)49-38/h10,12,31-33,35-38,40-41,43-44H,3-9,11,13-30H2,1-2H3,(H,39,42)(H,45,46,47)/b12-10-. The van der Waals surface area contributed by atoms with Gasteiger partial charge in [0.15, 0.2) is 6.29 Å². The third-order valence-electron chi connectivity index (χ3n) is 9.57. The maximum absolute atomic E-state index is 12.9. The van der Waals surface area contributed by atoms with E-state index >= 15 is 0 Å². The summed E-state index contributed by atoms with van der Waals surface area (Å²) in [5.41, 5.74) is 0. The molecule has 1 amide bonds. The van der Waals surface area contributed by atoms with Gasteiger partial charge in [-0.25, -0.2) is 4.18 Å². The fourth-order valence-electron chi connectivity index (χ4n) is 6.38. The number of aliphatic hydroxyl groups is 4. The van der Waals surface area contributed by atoms with E-state index in [0.717, 1.165) is 57.8 Å². The Morgan fingerprint density at radius 1 is 0.765 bits per heavy atom. The number of rotatable bonds is 33. The number of aliphatic hydroxyl groups excluding tert-OH is 4. The first-order valence-corrected chi connectivity index (χ1v) is 21.4. The van der Waals surface area contributed by atoms with Crippen LogP contribution in [0.15, 0.2) is 12.2 Å². The molecule has 7 atom stereocenters. The second-order valence-electron chi connectivity index (χ2n) is 14.2. The van der Waals surface area contributed by atoms with Crippen LogP contribution in [0.5, 0.6) is 0 Å². The van der Waals surface area contributed by atoms with E-state index in [9.17, 15) is 33.6 Å². The highest BCUT2D eigenvalue weighted by atomic mass is 32.3. The minimum atomic E-state index is -5.07. The van der Waals surface area contributed by atoms with Gasteiger partial charge in [-0.05, 0) is 32.1 Å². The van der Waals surface area contributed by atoms with Crippen molar-refractivity contribution in [2.45, 2.75) is 211 Å². The zero-order valence-corrected chi connectivity index (χ0v) is 32.5. The van der Waals surface area contributed by atoms with Crippen LogP contribution in [-0.4, -0.2) is 95.4 Å². The second-order valence-corrected chi connectivity index (χ2v) is 15.3. The lowest BCUT2D eigenvalue weighted by Crippen LogP contribution is -2.61. The van der Waals surface area contributed by atoms with Gasteiger partial charge in [0.05, 0.1) is 25.4 Å². The van der Waals surface area contributed by atoms with Crippen LogP contribution in [-0.2, 0) is 28.9 Å². The van der Waals surface area contributed by atoms with E-state index in [2.05, 4.69) is 35.5 Å². The average Bonchev–Trinajstić information content (AvgIpc) is 3.09. The SMILES string of the molecule is CCCC/C=C\CCCCCCC(=O)NC(COC1OC(CO)C(O)C(OS(=O)(=O)O)C1O)C(O)CCCCCCCCCCCCCCCC. The molecule has 0 aliphatic carbocycles. The molecule has 7 unspecified atom stereocenters. The summed E-state index contributed by atoms with van der Waals surface area (Å²) in [5.74, 6) is -0.246. The zero-order valence-electron chi connectivity index (χ0n) is 31.7. The van der Waals surface area contributed by atoms with E-state index in [-0.39, 0.29) is 18.9 Å². The molecular formula is C38H73NO11S. The van der Waals surface area contributed by atoms with Gasteiger partial charge in [0.2, 0.25) is 5.91 Å². The Labute approximate surface area is 309 Å². The highest BCUT2D eigenvalue weighted by Gasteiger charge is 2.48. The van der Waals surface area contributed by atoms with E-state index in [1.807, 2.05) is 0 Å². The van der Waals surface area contributed by atoms with Crippen LogP contribution in [0.2, 0.25) is 0 Å². The predicted molar refractivity (Wildman–Crippen MR) is 199 cm³/mol. The first-order chi connectivity index (χ1) is 24.5. The van der Waals surface area contributed by atoms with Crippen LogP contribution in [0, 0.1) is 0 Å². The Balaban J connectivity index is 2.59. The zero-order chi connectivity index (χ0) is 37.7. The van der Waals surface area contributed by atoms with Crippen LogP contribution in [0.4, 0.5) is 0 Å². The third-order valence-corrected chi connectivity index (χ3v) is 10.0. The van der Waals surface area contributed by atoms with E-state index in [0.29, 0.717) is 12.8 Å². The molecule has 0 aromatic rings. The molecule has 0 spiro atoms. The van der Waals surface area contributed by atoms with Crippen molar-refractivity contribution in [3.05, 3.63) is 12.2 Å². The number of unbranched alkanes of at least 4 members (excludes halogenated alkanes) is 19. The normalized spacial score (nSPS) is 22.4. The maximum Gasteiger partial charge on any atom is 0.397 e. The van der Waals surface area contributed by atoms with E-state index in [4.69, 9.17) is 14.0 Å². The van der Waals surface area contributed by atoms with Gasteiger partial charge in [-0.1, -0.05) is 142 Å². The summed E-state index contributed by atoms with van der Waals surface area (Å²) in [7, 11) is -5.07. The number of carbonyl (C=O) groups excluding carboxylic acids is 1. The molecule has 0 aromatic carbocycles. The maximum atomic E-state index is 12.9. The molecule has 1 saturated heterocycles. The molecule has 1 aliphatic rings. The third kappa shape index (κ3) is 24.0. The van der Waals surface area contributed by atoms with Crippen molar-refractivity contribution in [1.29, 1.82) is 0 Å². The van der Waals surface area contributed by atoms with Gasteiger partial charge in [0.1, 0.15) is 24.4 Å². The molecule has 13 heteroatoms. The molecule has 1 rings (SSSR count). The highest BCUT2D eigenvalue weighted by Crippen LogP contribution is 2.26. The number of carbonyl (C=O) groups is 1. The fourth-order valence-corrected chi connectivity index (χ4v) is 6.89. The summed E-state index contributed by atoms with van der Waals surface area (Å²) in [4.78, 5) is 12.9. The second kappa shape index (κ2) is 30.2. The molecule has 0 bridgehead atoms. The highest BCUT2D eigenvalue weighted by molar-refractivity contribution is 7.80. The summed E-state index contributed by atoms with van der Waals surface area (Å²) in [6, 6.07) is -0.858. The van der Waals surface area contributed by atoms with Crippen molar-refractivity contribution in [3.63, 3.8) is 0 Å². The predicted octanol–water partition coefficient (Wildman–Crippen LogP) is 6.43. The number of hydrogen-bond donors (Lipinski definition) is 6. The molecular weight excluding hydrogens is 678 g/mol. The van der Waals surface area contributed by atoms with Crippen molar-refractivity contribution >= 4 is 16.3 Å². The quantitative estimate of drug-likeness (QED) is 0.0246. The van der Waals surface area contributed by atoms with Crippen LogP contribution in [0.3, 0.4) is 0 Å². The van der Waals surface area contributed by atoms with Crippen molar-refractivity contribution in [2.24, 2.45) is 0 Å². The van der Waals surface area contributed by atoms with E-state index < -0.39 is 59.9 Å². The average molecular weight is 752 g/mol. The molecule has 1 aliphatic heterocycles. The van der Waals surface area contributed by atoms with Gasteiger partial charge in [-0.3, -0.25) is 9.35 Å². The molecule has 0 radical (unpaired) electrons. The Morgan fingerprint density at radius 2 is 1.27 bits per heavy atom. The van der Waals surface area contributed by atoms with Crippen LogP contribution in [0.25, 0.3) is 0 Å². The molecule has 6 N–H and O–H groups in total. The van der Waals surface area contributed by atoms with Gasteiger partial charge in [0.25, 0.3) is 0 Å².